The zero-order chi connectivity index (χ0) is 18.0. The minimum absolute atomic E-state index is 0.0970. The van der Waals surface area contributed by atoms with Crippen LogP contribution in [0.2, 0.25) is 0 Å². The van der Waals surface area contributed by atoms with Gasteiger partial charge in [-0.15, -0.1) is 0 Å². The number of amidine groups is 1. The normalized spacial score (nSPS) is 18.1. The average Bonchev–Trinajstić information content (AvgIpc) is 3.02. The Balaban J connectivity index is 1.58. The molecule has 2 aliphatic rings. The summed E-state index contributed by atoms with van der Waals surface area (Å²) in [6.45, 7) is 6.75. The van der Waals surface area contributed by atoms with Crippen LogP contribution in [0.5, 0.6) is 11.5 Å². The molecule has 1 aromatic rings. The van der Waals surface area contributed by atoms with Crippen molar-refractivity contribution in [2.45, 2.75) is 20.4 Å². The van der Waals surface area contributed by atoms with Crippen molar-refractivity contribution in [2.24, 2.45) is 0 Å². The number of carbonyl (C=O) groups excluding carboxylic acids is 1. The summed E-state index contributed by atoms with van der Waals surface area (Å²) in [5, 5.41) is 17.9. The van der Waals surface area contributed by atoms with E-state index in [-0.39, 0.29) is 29.7 Å². The Bertz CT molecular complexity index is 717. The van der Waals surface area contributed by atoms with E-state index in [2.05, 4.69) is 4.90 Å². The molecule has 2 aliphatic heterocycles. The fourth-order valence-corrected chi connectivity index (χ4v) is 3.18. The minimum atomic E-state index is -0.284. The molecule has 0 atom stereocenters. The highest BCUT2D eigenvalue weighted by molar-refractivity contribution is 6.19. The predicted octanol–water partition coefficient (Wildman–Crippen LogP) is 1.93. The second-order valence-corrected chi connectivity index (χ2v) is 6.32. The van der Waals surface area contributed by atoms with Gasteiger partial charge in [0.15, 0.2) is 17.3 Å². The minimum Gasteiger partial charge on any atom is -0.512 e. The Morgan fingerprint density at radius 2 is 1.84 bits per heavy atom. The third-order valence-corrected chi connectivity index (χ3v) is 4.48. The molecule has 134 valence electrons. The summed E-state index contributed by atoms with van der Waals surface area (Å²) >= 11 is 0. The number of hydrogen-bond donors (Lipinski definition) is 2. The van der Waals surface area contributed by atoms with Crippen molar-refractivity contribution in [1.29, 1.82) is 5.41 Å². The van der Waals surface area contributed by atoms with Gasteiger partial charge in [0.1, 0.15) is 11.6 Å². The quantitative estimate of drug-likeness (QED) is 0.375. The van der Waals surface area contributed by atoms with Crippen molar-refractivity contribution < 1.29 is 19.4 Å². The number of allylic oxidation sites excluding steroid dienone is 1. The number of piperazine rings is 1. The van der Waals surface area contributed by atoms with Crippen molar-refractivity contribution in [3.05, 3.63) is 35.1 Å². The number of aliphatic hydroxyl groups excluding tert-OH is 1. The summed E-state index contributed by atoms with van der Waals surface area (Å²) < 4.78 is 10.7. The summed E-state index contributed by atoms with van der Waals surface area (Å²) in [4.78, 5) is 15.8. The first-order valence-electron chi connectivity index (χ1n) is 8.31. The summed E-state index contributed by atoms with van der Waals surface area (Å²) in [5.74, 6) is 1.29. The molecular weight excluding hydrogens is 322 g/mol. The van der Waals surface area contributed by atoms with Crippen LogP contribution in [0.4, 0.5) is 0 Å². The molecule has 2 heterocycles. The maximum absolute atomic E-state index is 11.7. The number of hydrogen-bond acceptors (Lipinski definition) is 6. The lowest BCUT2D eigenvalue weighted by Crippen LogP contribution is -2.49. The number of fused-ring (bicyclic) bond motifs is 1. The molecule has 0 aromatic heterocycles. The highest BCUT2D eigenvalue weighted by Crippen LogP contribution is 2.32. The zero-order valence-electron chi connectivity index (χ0n) is 14.5. The van der Waals surface area contributed by atoms with Crippen molar-refractivity contribution in [2.75, 3.05) is 33.0 Å². The molecule has 1 aromatic carbocycles. The van der Waals surface area contributed by atoms with E-state index in [1.165, 1.54) is 13.8 Å². The molecular formula is C18H23N3O4. The lowest BCUT2D eigenvalue weighted by atomic mass is 10.1. The molecule has 1 fully saturated rings. The van der Waals surface area contributed by atoms with Crippen LogP contribution in [-0.2, 0) is 11.3 Å². The van der Waals surface area contributed by atoms with Gasteiger partial charge in [-0.2, -0.15) is 0 Å². The fraction of sp³-hybridized carbons (Fsp3) is 0.444. The first kappa shape index (κ1) is 17.3. The van der Waals surface area contributed by atoms with Crippen molar-refractivity contribution in [3.8, 4) is 11.5 Å². The largest absolute Gasteiger partial charge is 0.512 e. The topological polar surface area (TPSA) is 86.1 Å². The number of Topliss-reactive ketones (excluding diaryl/α,β-unsaturated/α-hetero) is 1. The maximum Gasteiger partial charge on any atom is 0.231 e. The maximum atomic E-state index is 11.7. The van der Waals surface area contributed by atoms with Crippen LogP contribution in [0.25, 0.3) is 0 Å². The molecule has 3 rings (SSSR count). The number of carbonyl (C=O) groups is 1. The first-order valence-corrected chi connectivity index (χ1v) is 8.31. The second-order valence-electron chi connectivity index (χ2n) is 6.32. The van der Waals surface area contributed by atoms with E-state index in [9.17, 15) is 9.90 Å². The Kier molecular flexibility index (Phi) is 4.94. The van der Waals surface area contributed by atoms with Crippen LogP contribution >= 0.6 is 0 Å². The Hall–Kier alpha value is -2.54. The fourth-order valence-electron chi connectivity index (χ4n) is 3.18. The van der Waals surface area contributed by atoms with E-state index < -0.39 is 0 Å². The van der Waals surface area contributed by atoms with Crippen LogP contribution in [0.1, 0.15) is 19.4 Å². The monoisotopic (exact) mass is 345 g/mol. The number of nitrogens with one attached hydrogen (secondary N) is 1. The Morgan fingerprint density at radius 3 is 2.48 bits per heavy atom. The summed E-state index contributed by atoms with van der Waals surface area (Å²) in [6, 6.07) is 5.97. The van der Waals surface area contributed by atoms with Gasteiger partial charge in [0.2, 0.25) is 6.79 Å². The number of aliphatic hydroxyl groups is 1. The third kappa shape index (κ3) is 3.76. The Morgan fingerprint density at radius 1 is 1.16 bits per heavy atom. The van der Waals surface area contributed by atoms with Crippen molar-refractivity contribution in [1.82, 2.24) is 9.80 Å². The van der Waals surface area contributed by atoms with E-state index >= 15 is 0 Å². The molecule has 0 spiro atoms. The van der Waals surface area contributed by atoms with Crippen LogP contribution in [0.15, 0.2) is 29.5 Å². The molecule has 2 N–H and O–H groups in total. The van der Waals surface area contributed by atoms with E-state index in [0.717, 1.165) is 36.7 Å². The summed E-state index contributed by atoms with van der Waals surface area (Å²) in [5.41, 5.74) is 1.26. The van der Waals surface area contributed by atoms with Crippen molar-refractivity contribution >= 4 is 11.6 Å². The van der Waals surface area contributed by atoms with Crippen LogP contribution in [-0.4, -0.2) is 59.5 Å². The molecule has 0 aliphatic carbocycles. The zero-order valence-corrected chi connectivity index (χ0v) is 14.5. The number of ether oxygens (including phenoxy) is 2. The van der Waals surface area contributed by atoms with Crippen LogP contribution in [0.3, 0.4) is 0 Å². The Labute approximate surface area is 146 Å². The molecule has 0 radical (unpaired) electrons. The average molecular weight is 345 g/mol. The number of benzene rings is 1. The lowest BCUT2D eigenvalue weighted by Gasteiger charge is -2.36. The molecule has 1 saturated heterocycles. The molecule has 0 saturated carbocycles. The van der Waals surface area contributed by atoms with Gasteiger partial charge in [-0.1, -0.05) is 6.07 Å². The van der Waals surface area contributed by atoms with Gasteiger partial charge in [-0.3, -0.25) is 15.1 Å². The number of ketones is 1. The highest BCUT2D eigenvalue weighted by atomic mass is 16.7. The second kappa shape index (κ2) is 7.14. The van der Waals surface area contributed by atoms with Crippen molar-refractivity contribution in [3.63, 3.8) is 0 Å². The summed E-state index contributed by atoms with van der Waals surface area (Å²) in [6.07, 6.45) is 0. The number of nitrogens with zero attached hydrogens (tertiary/aromatic N) is 2. The van der Waals surface area contributed by atoms with Gasteiger partial charge >= 0.3 is 0 Å². The van der Waals surface area contributed by atoms with E-state index in [1.54, 1.807) is 0 Å². The van der Waals surface area contributed by atoms with Gasteiger partial charge in [0, 0.05) is 32.7 Å². The first-order chi connectivity index (χ1) is 12.0. The molecule has 0 amide bonds. The molecule has 0 unspecified atom stereocenters. The van der Waals surface area contributed by atoms with Gasteiger partial charge in [0.05, 0.1) is 5.57 Å². The molecule has 0 bridgehead atoms. The van der Waals surface area contributed by atoms with Gasteiger partial charge < -0.3 is 19.5 Å². The van der Waals surface area contributed by atoms with Crippen LogP contribution < -0.4 is 9.47 Å². The summed E-state index contributed by atoms with van der Waals surface area (Å²) in [7, 11) is 0. The standard InChI is InChI=1S/C18H23N3O4/c1-12(22)17(13(2)23)18(19)21-7-5-20(6-8-21)10-14-3-4-15-16(9-14)25-11-24-15/h3-4,9,19,22H,5-8,10-11H2,1-2H3. The highest BCUT2D eigenvalue weighted by Gasteiger charge is 2.24. The smallest absolute Gasteiger partial charge is 0.231 e. The lowest BCUT2D eigenvalue weighted by molar-refractivity contribution is -0.113. The van der Waals surface area contributed by atoms with Gasteiger partial charge in [-0.05, 0) is 31.5 Å². The van der Waals surface area contributed by atoms with Crippen LogP contribution in [0, 0.1) is 5.41 Å². The molecule has 7 heteroatoms. The number of rotatable bonds is 4. The third-order valence-electron chi connectivity index (χ3n) is 4.48. The van der Waals surface area contributed by atoms with E-state index in [0.29, 0.717) is 13.1 Å². The predicted molar refractivity (Wildman–Crippen MR) is 93.2 cm³/mol. The van der Waals surface area contributed by atoms with E-state index in [4.69, 9.17) is 14.9 Å². The van der Waals surface area contributed by atoms with E-state index in [1.807, 2.05) is 23.1 Å². The molecule has 7 nitrogen and oxygen atoms in total. The van der Waals surface area contributed by atoms with Gasteiger partial charge in [0.25, 0.3) is 0 Å². The SMILES string of the molecule is CC(=O)C(C(=N)N1CCN(Cc2ccc3c(c2)OCO3)CC1)=C(C)O. The van der Waals surface area contributed by atoms with Gasteiger partial charge in [-0.25, -0.2) is 0 Å². The molecule has 25 heavy (non-hydrogen) atoms.